The Morgan fingerprint density at radius 2 is 2.38 bits per heavy atom. The summed E-state index contributed by atoms with van der Waals surface area (Å²) in [4.78, 5) is 4.28. The number of nitrogens with zero attached hydrogens (tertiary/aromatic N) is 2. The van der Waals surface area contributed by atoms with Crippen LogP contribution in [-0.2, 0) is 6.54 Å². The van der Waals surface area contributed by atoms with Crippen molar-refractivity contribution in [3.63, 3.8) is 0 Å². The Balaban J connectivity index is 2.01. The quantitative estimate of drug-likeness (QED) is 0.878. The third-order valence-electron chi connectivity index (χ3n) is 2.85. The molecule has 0 amide bonds. The van der Waals surface area contributed by atoms with Crippen molar-refractivity contribution in [1.82, 2.24) is 14.9 Å². The largest absolute Gasteiger partial charge is 0.329 e. The Labute approximate surface area is 102 Å². The van der Waals surface area contributed by atoms with Crippen molar-refractivity contribution < 1.29 is 0 Å². The summed E-state index contributed by atoms with van der Waals surface area (Å²) < 4.78 is 2.35. The fourth-order valence-corrected chi connectivity index (χ4v) is 3.10. The van der Waals surface area contributed by atoms with E-state index in [1.54, 1.807) is 0 Å². The Morgan fingerprint density at radius 3 is 3.00 bits per heavy atom. The lowest BCUT2D eigenvalue weighted by Crippen LogP contribution is -2.35. The summed E-state index contributed by atoms with van der Waals surface area (Å²) in [5, 5.41) is 3.52. The van der Waals surface area contributed by atoms with E-state index in [1.165, 1.54) is 23.6 Å². The van der Waals surface area contributed by atoms with Crippen LogP contribution < -0.4 is 5.32 Å². The molecule has 1 N–H and O–H groups in total. The first-order valence-electron chi connectivity index (χ1n) is 5.90. The summed E-state index contributed by atoms with van der Waals surface area (Å²) in [6, 6.07) is 0.657. The van der Waals surface area contributed by atoms with Gasteiger partial charge in [-0.15, -0.1) is 0 Å². The van der Waals surface area contributed by atoms with Gasteiger partial charge in [-0.25, -0.2) is 4.98 Å². The van der Waals surface area contributed by atoms with E-state index in [9.17, 15) is 0 Å². The summed E-state index contributed by atoms with van der Waals surface area (Å²) in [6.07, 6.45) is 5.25. The van der Waals surface area contributed by atoms with Crippen LogP contribution >= 0.6 is 11.8 Å². The van der Waals surface area contributed by atoms with Gasteiger partial charge in [0, 0.05) is 30.1 Å². The highest BCUT2D eigenvalue weighted by atomic mass is 32.2. The lowest BCUT2D eigenvalue weighted by molar-refractivity contribution is 0.409. The third kappa shape index (κ3) is 3.01. The molecule has 1 atom stereocenters. The second-order valence-electron chi connectivity index (χ2n) is 5.41. The summed E-state index contributed by atoms with van der Waals surface area (Å²) in [7, 11) is 0. The normalized spacial score (nSPS) is 21.6. The van der Waals surface area contributed by atoms with Crippen molar-refractivity contribution in [1.29, 1.82) is 0 Å². The van der Waals surface area contributed by atoms with Gasteiger partial charge in [-0.05, 0) is 32.9 Å². The Morgan fingerprint density at radius 1 is 1.56 bits per heavy atom. The lowest BCUT2D eigenvalue weighted by Gasteiger charge is -2.22. The second-order valence-corrected chi connectivity index (χ2v) is 6.56. The molecule has 0 spiro atoms. The Bertz CT molecular complexity index is 334. The highest BCUT2D eigenvalue weighted by Gasteiger charge is 2.19. The monoisotopic (exact) mass is 239 g/mol. The minimum absolute atomic E-state index is 0.166. The SMILES string of the molecule is CC(C)(C)NCc1cncn1C1CCSC1. The predicted molar refractivity (Wildman–Crippen MR) is 69.8 cm³/mol. The molecular weight excluding hydrogens is 218 g/mol. The average Bonchev–Trinajstić information content (AvgIpc) is 2.84. The fraction of sp³-hybridized carbons (Fsp3) is 0.750. The van der Waals surface area contributed by atoms with E-state index >= 15 is 0 Å². The fourth-order valence-electron chi connectivity index (χ4n) is 1.89. The number of imidazole rings is 1. The first-order valence-corrected chi connectivity index (χ1v) is 7.05. The number of rotatable bonds is 3. The molecule has 0 saturated carbocycles. The molecule has 1 aliphatic heterocycles. The summed E-state index contributed by atoms with van der Waals surface area (Å²) in [6.45, 7) is 7.49. The number of hydrogen-bond donors (Lipinski definition) is 1. The van der Waals surface area contributed by atoms with Crippen molar-refractivity contribution in [2.45, 2.75) is 45.3 Å². The van der Waals surface area contributed by atoms with E-state index in [0.29, 0.717) is 6.04 Å². The topological polar surface area (TPSA) is 29.9 Å². The van der Waals surface area contributed by atoms with Crippen LogP contribution in [0, 0.1) is 0 Å². The standard InChI is InChI=1S/C12H21N3S/c1-12(2,3)14-7-11-6-13-9-15(11)10-4-5-16-8-10/h6,9-10,14H,4-5,7-8H2,1-3H3. The highest BCUT2D eigenvalue weighted by Crippen LogP contribution is 2.28. The van der Waals surface area contributed by atoms with E-state index in [1.807, 2.05) is 24.3 Å². The predicted octanol–water partition coefficient (Wildman–Crippen LogP) is 2.45. The first kappa shape index (κ1) is 12.0. The van der Waals surface area contributed by atoms with Gasteiger partial charge in [0.1, 0.15) is 0 Å². The Hall–Kier alpha value is -0.480. The number of hydrogen-bond acceptors (Lipinski definition) is 3. The van der Waals surface area contributed by atoms with Crippen molar-refractivity contribution >= 4 is 11.8 Å². The highest BCUT2D eigenvalue weighted by molar-refractivity contribution is 7.99. The maximum atomic E-state index is 4.28. The van der Waals surface area contributed by atoms with E-state index < -0.39 is 0 Å². The van der Waals surface area contributed by atoms with Crippen LogP contribution in [0.1, 0.15) is 38.9 Å². The van der Waals surface area contributed by atoms with Crippen molar-refractivity contribution in [2.75, 3.05) is 11.5 Å². The third-order valence-corrected chi connectivity index (χ3v) is 3.99. The smallest absolute Gasteiger partial charge is 0.0951 e. The number of nitrogens with one attached hydrogen (secondary N) is 1. The van der Waals surface area contributed by atoms with Crippen LogP contribution in [0.25, 0.3) is 0 Å². The van der Waals surface area contributed by atoms with Gasteiger partial charge >= 0.3 is 0 Å². The van der Waals surface area contributed by atoms with Crippen LogP contribution in [0.15, 0.2) is 12.5 Å². The molecule has 3 nitrogen and oxygen atoms in total. The molecule has 4 heteroatoms. The molecule has 2 rings (SSSR count). The van der Waals surface area contributed by atoms with Gasteiger partial charge in [-0.2, -0.15) is 11.8 Å². The van der Waals surface area contributed by atoms with Gasteiger partial charge < -0.3 is 9.88 Å². The summed E-state index contributed by atoms with van der Waals surface area (Å²) in [5.74, 6) is 2.52. The van der Waals surface area contributed by atoms with Gasteiger partial charge in [-0.3, -0.25) is 0 Å². The molecular formula is C12H21N3S. The number of aromatic nitrogens is 2. The van der Waals surface area contributed by atoms with Gasteiger partial charge in [0.15, 0.2) is 0 Å². The van der Waals surface area contributed by atoms with Crippen LogP contribution in [0.2, 0.25) is 0 Å². The summed E-state index contributed by atoms with van der Waals surface area (Å²) in [5.41, 5.74) is 1.47. The van der Waals surface area contributed by atoms with Gasteiger partial charge in [0.05, 0.1) is 12.0 Å². The molecule has 90 valence electrons. The molecule has 1 saturated heterocycles. The molecule has 0 aromatic carbocycles. The zero-order chi connectivity index (χ0) is 11.6. The van der Waals surface area contributed by atoms with Gasteiger partial charge in [-0.1, -0.05) is 0 Å². The minimum Gasteiger partial charge on any atom is -0.329 e. The molecule has 1 unspecified atom stereocenters. The molecule has 1 aromatic rings. The zero-order valence-corrected chi connectivity index (χ0v) is 11.2. The minimum atomic E-state index is 0.166. The maximum absolute atomic E-state index is 4.28. The molecule has 1 fully saturated rings. The van der Waals surface area contributed by atoms with Gasteiger partial charge in [0.2, 0.25) is 0 Å². The lowest BCUT2D eigenvalue weighted by atomic mass is 10.1. The molecule has 1 aliphatic rings. The van der Waals surface area contributed by atoms with E-state index in [4.69, 9.17) is 0 Å². The van der Waals surface area contributed by atoms with Crippen molar-refractivity contribution in [3.8, 4) is 0 Å². The molecule has 0 radical (unpaired) electrons. The molecule has 0 aliphatic carbocycles. The van der Waals surface area contributed by atoms with Gasteiger partial charge in [0.25, 0.3) is 0 Å². The first-order chi connectivity index (χ1) is 7.56. The van der Waals surface area contributed by atoms with Crippen LogP contribution in [0.4, 0.5) is 0 Å². The maximum Gasteiger partial charge on any atom is 0.0951 e. The molecule has 16 heavy (non-hydrogen) atoms. The zero-order valence-electron chi connectivity index (χ0n) is 10.4. The summed E-state index contributed by atoms with van der Waals surface area (Å²) >= 11 is 2.04. The molecule has 1 aromatic heterocycles. The average molecular weight is 239 g/mol. The van der Waals surface area contributed by atoms with Crippen LogP contribution in [-0.4, -0.2) is 26.6 Å². The van der Waals surface area contributed by atoms with Crippen LogP contribution in [0.3, 0.4) is 0 Å². The van der Waals surface area contributed by atoms with E-state index in [2.05, 4.69) is 35.6 Å². The van der Waals surface area contributed by atoms with Crippen molar-refractivity contribution in [3.05, 3.63) is 18.2 Å². The molecule has 2 heterocycles. The van der Waals surface area contributed by atoms with Crippen LogP contribution in [0.5, 0.6) is 0 Å². The van der Waals surface area contributed by atoms with E-state index in [0.717, 1.165) is 6.54 Å². The number of thioether (sulfide) groups is 1. The Kier molecular flexibility index (Phi) is 3.60. The second kappa shape index (κ2) is 4.80. The van der Waals surface area contributed by atoms with E-state index in [-0.39, 0.29) is 5.54 Å². The molecule has 0 bridgehead atoms. The van der Waals surface area contributed by atoms with Crippen molar-refractivity contribution in [2.24, 2.45) is 0 Å².